The zero-order chi connectivity index (χ0) is 21.8. The Hall–Kier alpha value is -3.76. The van der Waals surface area contributed by atoms with Gasteiger partial charge in [0.15, 0.2) is 0 Å². The maximum atomic E-state index is 12.9. The van der Waals surface area contributed by atoms with Crippen molar-refractivity contribution in [3.63, 3.8) is 0 Å². The Morgan fingerprint density at radius 1 is 1.03 bits per heavy atom. The number of halogens is 1. The minimum Gasteiger partial charge on any atom is -0.478 e. The first kappa shape index (κ1) is 20.5. The Kier molecular flexibility index (Phi) is 5.92. The molecule has 0 unspecified atom stereocenters. The molecule has 2 aromatic carbocycles. The minimum absolute atomic E-state index is 0.199. The van der Waals surface area contributed by atoms with Crippen molar-refractivity contribution >= 4 is 32.8 Å². The summed E-state index contributed by atoms with van der Waals surface area (Å²) in [6.45, 7) is 0.286. The molecular weight excluding hydrogens is 458 g/mol. The standard InChI is InChI=1S/C24H16BrN3O3/c25-19-10-6-16(7-11-19)2-1-3-20-12-21-22(13-26-20)27-15-28(23(21)29)14-17-4-8-18(9-5-17)24(30)31/h4-13,15H,2,14H2,(H,30,31). The second-order valence-electron chi connectivity index (χ2n) is 6.87. The van der Waals surface area contributed by atoms with Crippen LogP contribution in [-0.4, -0.2) is 25.6 Å². The van der Waals surface area contributed by atoms with Crippen molar-refractivity contribution in [2.75, 3.05) is 0 Å². The van der Waals surface area contributed by atoms with Crippen molar-refractivity contribution < 1.29 is 9.90 Å². The van der Waals surface area contributed by atoms with Crippen LogP contribution in [0.4, 0.5) is 0 Å². The van der Waals surface area contributed by atoms with Crippen LogP contribution in [0.15, 0.2) is 76.4 Å². The molecular formula is C24H16BrN3O3. The first-order valence-corrected chi connectivity index (χ1v) is 10.2. The van der Waals surface area contributed by atoms with E-state index in [9.17, 15) is 9.59 Å². The molecule has 0 bridgehead atoms. The monoisotopic (exact) mass is 473 g/mol. The van der Waals surface area contributed by atoms with Crippen molar-refractivity contribution in [2.45, 2.75) is 13.0 Å². The van der Waals surface area contributed by atoms with Gasteiger partial charge in [0.05, 0.1) is 35.5 Å². The van der Waals surface area contributed by atoms with E-state index in [1.807, 2.05) is 24.3 Å². The quantitative estimate of drug-likeness (QED) is 0.454. The molecule has 0 fully saturated rings. The summed E-state index contributed by atoms with van der Waals surface area (Å²) in [5, 5.41) is 9.44. The highest BCUT2D eigenvalue weighted by molar-refractivity contribution is 9.10. The summed E-state index contributed by atoms with van der Waals surface area (Å²) >= 11 is 3.41. The van der Waals surface area contributed by atoms with Gasteiger partial charge in [-0.2, -0.15) is 0 Å². The van der Waals surface area contributed by atoms with Gasteiger partial charge in [-0.25, -0.2) is 14.8 Å². The lowest BCUT2D eigenvalue weighted by molar-refractivity contribution is 0.0697. The third-order valence-electron chi connectivity index (χ3n) is 4.69. The largest absolute Gasteiger partial charge is 0.478 e. The molecule has 0 amide bonds. The van der Waals surface area contributed by atoms with Crippen LogP contribution >= 0.6 is 15.9 Å². The number of carbonyl (C=O) groups is 1. The number of rotatable bonds is 4. The summed E-state index contributed by atoms with van der Waals surface area (Å²) < 4.78 is 2.50. The van der Waals surface area contributed by atoms with Gasteiger partial charge < -0.3 is 5.11 Å². The number of fused-ring (bicyclic) bond motifs is 1. The van der Waals surface area contributed by atoms with Crippen LogP contribution in [0, 0.1) is 11.8 Å². The van der Waals surface area contributed by atoms with Gasteiger partial charge in [-0.15, -0.1) is 0 Å². The molecule has 1 N–H and O–H groups in total. The van der Waals surface area contributed by atoms with Crippen molar-refractivity contribution in [3.05, 3.63) is 104 Å². The van der Waals surface area contributed by atoms with Gasteiger partial charge in [0, 0.05) is 10.9 Å². The Morgan fingerprint density at radius 3 is 2.45 bits per heavy atom. The Bertz CT molecular complexity index is 1380. The molecule has 0 spiro atoms. The van der Waals surface area contributed by atoms with E-state index in [2.05, 4.69) is 37.7 Å². The summed E-state index contributed by atoms with van der Waals surface area (Å²) in [5.41, 5.74) is 2.90. The van der Waals surface area contributed by atoms with Crippen molar-refractivity contribution in [1.82, 2.24) is 14.5 Å². The van der Waals surface area contributed by atoms with Crippen LogP contribution in [0.2, 0.25) is 0 Å². The fraction of sp³-hybridized carbons (Fsp3) is 0.0833. The molecule has 0 saturated carbocycles. The molecule has 2 aromatic heterocycles. The van der Waals surface area contributed by atoms with Crippen LogP contribution in [0.25, 0.3) is 10.9 Å². The van der Waals surface area contributed by atoms with Crippen LogP contribution in [0.5, 0.6) is 0 Å². The van der Waals surface area contributed by atoms with E-state index in [0.29, 0.717) is 23.0 Å². The predicted octanol–water partition coefficient (Wildman–Crippen LogP) is 3.89. The number of carboxylic acid groups (broad SMARTS) is 1. The molecule has 7 heteroatoms. The molecule has 0 aliphatic heterocycles. The maximum Gasteiger partial charge on any atom is 0.335 e. The highest BCUT2D eigenvalue weighted by Gasteiger charge is 2.07. The van der Waals surface area contributed by atoms with E-state index < -0.39 is 5.97 Å². The van der Waals surface area contributed by atoms with Gasteiger partial charge in [-0.1, -0.05) is 46.1 Å². The average molecular weight is 474 g/mol. The van der Waals surface area contributed by atoms with Crippen LogP contribution in [0.3, 0.4) is 0 Å². The van der Waals surface area contributed by atoms with E-state index in [0.717, 1.165) is 15.6 Å². The number of aromatic carboxylic acids is 1. The highest BCUT2D eigenvalue weighted by atomic mass is 79.9. The summed E-state index contributed by atoms with van der Waals surface area (Å²) in [5.74, 6) is 5.11. The molecule has 0 atom stereocenters. The second kappa shape index (κ2) is 8.94. The summed E-state index contributed by atoms with van der Waals surface area (Å²) in [6, 6.07) is 16.0. The summed E-state index contributed by atoms with van der Waals surface area (Å²) in [7, 11) is 0. The van der Waals surface area contributed by atoms with E-state index >= 15 is 0 Å². The predicted molar refractivity (Wildman–Crippen MR) is 121 cm³/mol. The lowest BCUT2D eigenvalue weighted by atomic mass is 10.1. The van der Waals surface area contributed by atoms with Gasteiger partial charge in [0.25, 0.3) is 5.56 Å². The van der Waals surface area contributed by atoms with Gasteiger partial charge in [0.2, 0.25) is 0 Å². The molecule has 0 radical (unpaired) electrons. The smallest absolute Gasteiger partial charge is 0.335 e. The highest BCUT2D eigenvalue weighted by Crippen LogP contribution is 2.11. The van der Waals surface area contributed by atoms with E-state index in [4.69, 9.17) is 5.11 Å². The molecule has 2 heterocycles. The van der Waals surface area contributed by atoms with Crippen LogP contribution in [-0.2, 0) is 13.0 Å². The zero-order valence-electron chi connectivity index (χ0n) is 16.2. The number of pyridine rings is 1. The molecule has 0 aliphatic rings. The van der Waals surface area contributed by atoms with Crippen LogP contribution < -0.4 is 5.56 Å². The SMILES string of the molecule is O=C(O)c1ccc(Cn2cnc3cnc(C#CCc4ccc(Br)cc4)cc3c2=O)cc1. The van der Waals surface area contributed by atoms with Gasteiger partial charge >= 0.3 is 5.97 Å². The first-order valence-electron chi connectivity index (χ1n) is 9.40. The second-order valence-corrected chi connectivity index (χ2v) is 7.79. The van der Waals surface area contributed by atoms with Gasteiger partial charge in [0.1, 0.15) is 5.69 Å². The first-order chi connectivity index (χ1) is 15.0. The summed E-state index contributed by atoms with van der Waals surface area (Å²) in [4.78, 5) is 32.5. The van der Waals surface area contributed by atoms with Gasteiger partial charge in [-0.3, -0.25) is 9.36 Å². The van der Waals surface area contributed by atoms with Gasteiger partial charge in [-0.05, 0) is 47.4 Å². The summed E-state index contributed by atoms with van der Waals surface area (Å²) in [6.07, 6.45) is 3.60. The van der Waals surface area contributed by atoms with Crippen molar-refractivity contribution in [1.29, 1.82) is 0 Å². The average Bonchev–Trinajstić information content (AvgIpc) is 2.78. The molecule has 4 aromatic rings. The van der Waals surface area contributed by atoms with Crippen LogP contribution in [0.1, 0.15) is 27.2 Å². The number of hydrogen-bond acceptors (Lipinski definition) is 4. The van der Waals surface area contributed by atoms with Crippen molar-refractivity contribution in [2.24, 2.45) is 0 Å². The normalized spacial score (nSPS) is 10.5. The topological polar surface area (TPSA) is 85.1 Å². The Morgan fingerprint density at radius 2 is 1.74 bits per heavy atom. The molecule has 31 heavy (non-hydrogen) atoms. The van der Waals surface area contributed by atoms with E-state index in [-0.39, 0.29) is 17.7 Å². The fourth-order valence-corrected chi connectivity index (χ4v) is 3.30. The Labute approximate surface area is 186 Å². The number of nitrogens with zero attached hydrogens (tertiary/aromatic N) is 3. The number of hydrogen-bond donors (Lipinski definition) is 1. The lowest BCUT2D eigenvalue weighted by Gasteiger charge is -2.07. The van der Waals surface area contributed by atoms with E-state index in [1.54, 1.807) is 24.4 Å². The molecule has 6 nitrogen and oxygen atoms in total. The molecule has 0 saturated heterocycles. The number of carboxylic acids is 1. The minimum atomic E-state index is -0.989. The third-order valence-corrected chi connectivity index (χ3v) is 5.22. The maximum absolute atomic E-state index is 12.9. The molecule has 152 valence electrons. The lowest BCUT2D eigenvalue weighted by Crippen LogP contribution is -2.21. The van der Waals surface area contributed by atoms with Crippen molar-refractivity contribution in [3.8, 4) is 11.8 Å². The van der Waals surface area contributed by atoms with E-state index in [1.165, 1.54) is 23.0 Å². The zero-order valence-corrected chi connectivity index (χ0v) is 17.8. The number of aromatic nitrogens is 3. The molecule has 4 rings (SSSR count). The number of benzene rings is 2. The Balaban J connectivity index is 1.58. The molecule has 0 aliphatic carbocycles. The third kappa shape index (κ3) is 4.87. The fourth-order valence-electron chi connectivity index (χ4n) is 3.03.